The molecule has 2 N–H and O–H groups in total. The Morgan fingerprint density at radius 1 is 1.47 bits per heavy atom. The van der Waals surface area contributed by atoms with E-state index < -0.39 is 0 Å². The number of rotatable bonds is 6. The molecule has 0 heterocycles. The van der Waals surface area contributed by atoms with E-state index in [1.165, 1.54) is 0 Å². The Morgan fingerprint density at radius 2 is 2.18 bits per heavy atom. The van der Waals surface area contributed by atoms with Crippen molar-refractivity contribution < 1.29 is 14.3 Å². The fourth-order valence-electron chi connectivity index (χ4n) is 1.61. The van der Waals surface area contributed by atoms with Crippen molar-refractivity contribution in [2.75, 3.05) is 6.54 Å². The summed E-state index contributed by atoms with van der Waals surface area (Å²) in [6, 6.07) is 4.99. The van der Waals surface area contributed by atoms with Crippen LogP contribution >= 0.6 is 0 Å². The van der Waals surface area contributed by atoms with Crippen LogP contribution in [-0.4, -0.2) is 18.8 Å². The van der Waals surface area contributed by atoms with Crippen LogP contribution < -0.4 is 10.5 Å². The first-order valence-electron chi connectivity index (χ1n) is 5.57. The minimum absolute atomic E-state index is 0.0654. The third-order valence-electron chi connectivity index (χ3n) is 2.46. The number of nitrogens with two attached hydrogens (primary N) is 1. The molecule has 0 aliphatic carbocycles. The number of hydrogen-bond donors (Lipinski definition) is 1. The summed E-state index contributed by atoms with van der Waals surface area (Å²) in [5.74, 6) is 0.444. The second-order valence-electron chi connectivity index (χ2n) is 4.09. The minimum Gasteiger partial charge on any atom is -0.429 e. The Labute approximate surface area is 101 Å². The molecular weight excluding hydrogens is 218 g/mol. The van der Waals surface area contributed by atoms with Crippen molar-refractivity contribution in [1.82, 2.24) is 0 Å². The Kier molecular flexibility index (Phi) is 4.84. The Morgan fingerprint density at radius 3 is 2.71 bits per heavy atom. The predicted octanol–water partition coefficient (Wildman–Crippen LogP) is 1.56. The topological polar surface area (TPSA) is 69.4 Å². The van der Waals surface area contributed by atoms with E-state index in [1.54, 1.807) is 18.2 Å². The van der Waals surface area contributed by atoms with Gasteiger partial charge in [-0.3, -0.25) is 9.59 Å². The molecule has 92 valence electrons. The van der Waals surface area contributed by atoms with Crippen LogP contribution in [0.5, 0.6) is 5.75 Å². The number of carbonyl (C=O) groups excluding carboxylic acids is 2. The minimum atomic E-state index is -0.0654. The maximum absolute atomic E-state index is 12.0. The van der Waals surface area contributed by atoms with E-state index in [2.05, 4.69) is 0 Å². The molecular formula is C13H17NO3. The van der Waals surface area contributed by atoms with Crippen molar-refractivity contribution in [3.63, 3.8) is 0 Å². The van der Waals surface area contributed by atoms with Gasteiger partial charge in [0.2, 0.25) is 0 Å². The molecule has 0 spiro atoms. The van der Waals surface area contributed by atoms with Crippen molar-refractivity contribution in [3.8, 4) is 5.75 Å². The molecule has 4 heteroatoms. The van der Waals surface area contributed by atoms with E-state index in [0.29, 0.717) is 30.8 Å². The van der Waals surface area contributed by atoms with Gasteiger partial charge in [0.15, 0.2) is 5.78 Å². The standard InChI is InChI=1S/C13H17NO3/c1-9(2)13(16)12-4-3-11(17-8-15)7-10(12)5-6-14/h3-4,7-9H,5-6,14H2,1-2H3. The second kappa shape index (κ2) is 6.15. The molecule has 0 aliphatic heterocycles. The highest BCUT2D eigenvalue weighted by molar-refractivity contribution is 5.99. The summed E-state index contributed by atoms with van der Waals surface area (Å²) in [7, 11) is 0. The molecule has 0 bridgehead atoms. The molecule has 0 atom stereocenters. The average molecular weight is 235 g/mol. The van der Waals surface area contributed by atoms with Crippen LogP contribution in [0.15, 0.2) is 18.2 Å². The fraction of sp³-hybridized carbons (Fsp3) is 0.385. The smallest absolute Gasteiger partial charge is 0.298 e. The lowest BCUT2D eigenvalue weighted by atomic mass is 9.94. The normalized spacial score (nSPS) is 10.4. The zero-order chi connectivity index (χ0) is 12.8. The van der Waals surface area contributed by atoms with Gasteiger partial charge in [0, 0.05) is 11.5 Å². The molecule has 17 heavy (non-hydrogen) atoms. The van der Waals surface area contributed by atoms with Gasteiger partial charge < -0.3 is 10.5 Å². The van der Waals surface area contributed by atoms with Gasteiger partial charge in [-0.05, 0) is 36.7 Å². The third kappa shape index (κ3) is 3.39. The second-order valence-corrected chi connectivity index (χ2v) is 4.09. The number of hydrogen-bond acceptors (Lipinski definition) is 4. The van der Waals surface area contributed by atoms with E-state index in [9.17, 15) is 9.59 Å². The van der Waals surface area contributed by atoms with Crippen molar-refractivity contribution in [1.29, 1.82) is 0 Å². The largest absolute Gasteiger partial charge is 0.429 e. The summed E-state index contributed by atoms with van der Waals surface area (Å²) in [6.07, 6.45) is 0.587. The van der Waals surface area contributed by atoms with Gasteiger partial charge in [-0.15, -0.1) is 0 Å². The molecule has 0 saturated heterocycles. The van der Waals surface area contributed by atoms with Crippen LogP contribution in [0, 0.1) is 5.92 Å². The lowest BCUT2D eigenvalue weighted by Crippen LogP contribution is -2.13. The SMILES string of the molecule is CC(C)C(=O)c1ccc(OC=O)cc1CCN. The molecule has 4 nitrogen and oxygen atoms in total. The number of ether oxygens (including phenoxy) is 1. The maximum Gasteiger partial charge on any atom is 0.298 e. The van der Waals surface area contributed by atoms with Crippen molar-refractivity contribution >= 4 is 12.3 Å². The summed E-state index contributed by atoms with van der Waals surface area (Å²) in [6.45, 7) is 4.52. The van der Waals surface area contributed by atoms with E-state index in [0.717, 1.165) is 5.56 Å². The highest BCUT2D eigenvalue weighted by atomic mass is 16.5. The third-order valence-corrected chi connectivity index (χ3v) is 2.46. The fourth-order valence-corrected chi connectivity index (χ4v) is 1.61. The molecule has 1 aromatic carbocycles. The first-order chi connectivity index (χ1) is 8.10. The summed E-state index contributed by atoms with van der Waals surface area (Å²) >= 11 is 0. The highest BCUT2D eigenvalue weighted by Gasteiger charge is 2.15. The molecule has 0 saturated carbocycles. The molecule has 1 rings (SSSR count). The van der Waals surface area contributed by atoms with Crippen LogP contribution in [0.25, 0.3) is 0 Å². The summed E-state index contributed by atoms with van der Waals surface area (Å²) in [5, 5.41) is 0. The lowest BCUT2D eigenvalue weighted by molar-refractivity contribution is -0.120. The molecule has 0 amide bonds. The van der Waals surface area contributed by atoms with Gasteiger partial charge >= 0.3 is 0 Å². The Balaban J connectivity index is 3.11. The number of benzene rings is 1. The Bertz CT molecular complexity index is 413. The van der Waals surface area contributed by atoms with Gasteiger partial charge in [0.25, 0.3) is 6.47 Å². The van der Waals surface area contributed by atoms with Crippen LogP contribution in [0.3, 0.4) is 0 Å². The molecule has 0 aliphatic rings. The van der Waals surface area contributed by atoms with E-state index >= 15 is 0 Å². The summed E-state index contributed by atoms with van der Waals surface area (Å²) in [4.78, 5) is 22.2. The number of ketones is 1. The molecule has 0 unspecified atom stereocenters. The lowest BCUT2D eigenvalue weighted by Gasteiger charge is -2.11. The van der Waals surface area contributed by atoms with Crippen molar-refractivity contribution in [3.05, 3.63) is 29.3 Å². The van der Waals surface area contributed by atoms with Gasteiger partial charge in [0.1, 0.15) is 5.75 Å². The zero-order valence-corrected chi connectivity index (χ0v) is 10.1. The monoisotopic (exact) mass is 235 g/mol. The van der Waals surface area contributed by atoms with E-state index in [1.807, 2.05) is 13.8 Å². The average Bonchev–Trinajstić information content (AvgIpc) is 2.29. The van der Waals surface area contributed by atoms with Crippen molar-refractivity contribution in [2.24, 2.45) is 11.7 Å². The van der Waals surface area contributed by atoms with Crippen LogP contribution in [0.1, 0.15) is 29.8 Å². The molecule has 0 radical (unpaired) electrons. The number of Topliss-reactive ketones (excluding diaryl/α,β-unsaturated/α-hetero) is 1. The predicted molar refractivity (Wildman–Crippen MR) is 65.1 cm³/mol. The highest BCUT2D eigenvalue weighted by Crippen LogP contribution is 2.20. The van der Waals surface area contributed by atoms with Crippen LogP contribution in [0.4, 0.5) is 0 Å². The van der Waals surface area contributed by atoms with Gasteiger partial charge in [-0.25, -0.2) is 0 Å². The first-order valence-corrected chi connectivity index (χ1v) is 5.57. The number of carbonyl (C=O) groups is 2. The first kappa shape index (κ1) is 13.4. The maximum atomic E-state index is 12.0. The zero-order valence-electron chi connectivity index (χ0n) is 10.1. The van der Waals surface area contributed by atoms with Crippen LogP contribution in [-0.2, 0) is 11.2 Å². The molecule has 1 aromatic rings. The Hall–Kier alpha value is -1.68. The molecule has 0 fully saturated rings. The van der Waals surface area contributed by atoms with E-state index in [-0.39, 0.29) is 11.7 Å². The van der Waals surface area contributed by atoms with Crippen molar-refractivity contribution in [2.45, 2.75) is 20.3 Å². The molecule has 0 aromatic heterocycles. The summed E-state index contributed by atoms with van der Waals surface area (Å²) < 4.78 is 4.76. The van der Waals surface area contributed by atoms with Gasteiger partial charge in [-0.1, -0.05) is 13.8 Å². The quantitative estimate of drug-likeness (QED) is 0.600. The van der Waals surface area contributed by atoms with Crippen LogP contribution in [0.2, 0.25) is 0 Å². The van der Waals surface area contributed by atoms with Gasteiger partial charge in [0.05, 0.1) is 0 Å². The van der Waals surface area contributed by atoms with E-state index in [4.69, 9.17) is 10.5 Å². The van der Waals surface area contributed by atoms with Gasteiger partial charge in [-0.2, -0.15) is 0 Å². The summed E-state index contributed by atoms with van der Waals surface area (Å²) in [5.41, 5.74) is 6.99.